The van der Waals surface area contributed by atoms with Gasteiger partial charge in [-0.1, -0.05) is 26.7 Å². The molecule has 0 rings (SSSR count). The lowest BCUT2D eigenvalue weighted by molar-refractivity contribution is -0.153. The van der Waals surface area contributed by atoms with E-state index in [9.17, 15) is 14.7 Å². The van der Waals surface area contributed by atoms with Crippen LogP contribution in [0.25, 0.3) is 0 Å². The number of carboxylic acid groups (broad SMARTS) is 2. The molecule has 0 unspecified atom stereocenters. The zero-order valence-corrected chi connectivity index (χ0v) is 15.2. The van der Waals surface area contributed by atoms with Gasteiger partial charge in [0.05, 0.1) is 5.41 Å². The number of hydrogen-bond donors (Lipinski definition) is 2. The Kier molecular flexibility index (Phi) is 13.5. The second-order valence-corrected chi connectivity index (χ2v) is 6.26. The van der Waals surface area contributed by atoms with Gasteiger partial charge in [0, 0.05) is 32.8 Å². The number of carbonyl (C=O) groups is 2. The Bertz CT molecular complexity index is 328. The Balaban J connectivity index is 4.57. The Morgan fingerprint density at radius 1 is 0.792 bits per heavy atom. The van der Waals surface area contributed by atoms with Crippen molar-refractivity contribution in [3.05, 3.63) is 0 Å². The third-order valence-electron chi connectivity index (χ3n) is 4.23. The summed E-state index contributed by atoms with van der Waals surface area (Å²) in [6, 6.07) is 0. The fourth-order valence-electron chi connectivity index (χ4n) is 2.51. The first-order valence-corrected chi connectivity index (χ1v) is 9.09. The van der Waals surface area contributed by atoms with E-state index in [0.29, 0.717) is 52.1 Å². The molecule has 0 atom stereocenters. The highest BCUT2D eigenvalue weighted by molar-refractivity contribution is 5.74. The van der Waals surface area contributed by atoms with E-state index in [1.165, 1.54) is 0 Å². The monoisotopic (exact) mass is 346 g/mol. The van der Waals surface area contributed by atoms with E-state index in [2.05, 4.69) is 13.8 Å². The Hall–Kier alpha value is -1.14. The average Bonchev–Trinajstić information content (AvgIpc) is 2.53. The zero-order chi connectivity index (χ0) is 18.3. The van der Waals surface area contributed by atoms with E-state index in [-0.39, 0.29) is 6.42 Å². The van der Waals surface area contributed by atoms with Crippen LogP contribution in [0.3, 0.4) is 0 Å². The normalized spacial score (nSPS) is 11.6. The predicted molar refractivity (Wildman–Crippen MR) is 92.2 cm³/mol. The summed E-state index contributed by atoms with van der Waals surface area (Å²) in [6.45, 7) is 6.18. The standard InChI is InChI=1S/C18H34O6/c1-3-5-12-23-14-10-18(17(21)22,9-7-8-16(19)20)11-15-24-13-6-4-2/h3-15H2,1-2H3,(H,19,20)(H,21,22). The first kappa shape index (κ1) is 22.9. The van der Waals surface area contributed by atoms with Crippen LogP contribution in [0.15, 0.2) is 0 Å². The quantitative estimate of drug-likeness (QED) is 0.390. The summed E-state index contributed by atoms with van der Waals surface area (Å²) >= 11 is 0. The van der Waals surface area contributed by atoms with Crippen molar-refractivity contribution in [1.29, 1.82) is 0 Å². The highest BCUT2D eigenvalue weighted by Crippen LogP contribution is 2.34. The van der Waals surface area contributed by atoms with Crippen LogP contribution in [0.5, 0.6) is 0 Å². The Labute approximate surface area is 145 Å². The molecule has 0 saturated heterocycles. The van der Waals surface area contributed by atoms with Gasteiger partial charge >= 0.3 is 11.9 Å². The molecule has 6 nitrogen and oxygen atoms in total. The van der Waals surface area contributed by atoms with Gasteiger partial charge in [-0.2, -0.15) is 0 Å². The largest absolute Gasteiger partial charge is 0.481 e. The minimum absolute atomic E-state index is 0.0115. The molecule has 0 aliphatic rings. The van der Waals surface area contributed by atoms with E-state index >= 15 is 0 Å². The van der Waals surface area contributed by atoms with Crippen molar-refractivity contribution in [2.24, 2.45) is 5.41 Å². The molecule has 0 bridgehead atoms. The van der Waals surface area contributed by atoms with Crippen molar-refractivity contribution in [2.75, 3.05) is 26.4 Å². The van der Waals surface area contributed by atoms with Crippen molar-refractivity contribution < 1.29 is 29.3 Å². The predicted octanol–water partition coefficient (Wildman–Crippen LogP) is 3.73. The third-order valence-corrected chi connectivity index (χ3v) is 4.23. The van der Waals surface area contributed by atoms with Crippen molar-refractivity contribution in [2.45, 2.75) is 71.6 Å². The van der Waals surface area contributed by atoms with Gasteiger partial charge < -0.3 is 19.7 Å². The lowest BCUT2D eigenvalue weighted by atomic mass is 9.77. The van der Waals surface area contributed by atoms with Crippen LogP contribution in [0.4, 0.5) is 0 Å². The molecule has 0 aromatic carbocycles. The fraction of sp³-hybridized carbons (Fsp3) is 0.889. The second kappa shape index (κ2) is 14.2. The highest BCUT2D eigenvalue weighted by Gasteiger charge is 2.37. The van der Waals surface area contributed by atoms with E-state index in [4.69, 9.17) is 14.6 Å². The van der Waals surface area contributed by atoms with Gasteiger partial charge in [-0.15, -0.1) is 0 Å². The molecule has 0 fully saturated rings. The van der Waals surface area contributed by atoms with Gasteiger partial charge in [-0.3, -0.25) is 9.59 Å². The number of aliphatic carboxylic acids is 2. The maximum Gasteiger partial charge on any atom is 0.309 e. The first-order valence-electron chi connectivity index (χ1n) is 9.09. The van der Waals surface area contributed by atoms with Crippen LogP contribution in [0.2, 0.25) is 0 Å². The molecule has 0 aromatic rings. The average molecular weight is 346 g/mol. The van der Waals surface area contributed by atoms with Crippen molar-refractivity contribution in [3.63, 3.8) is 0 Å². The van der Waals surface area contributed by atoms with Gasteiger partial charge in [-0.05, 0) is 38.5 Å². The smallest absolute Gasteiger partial charge is 0.309 e. The number of ether oxygens (including phenoxy) is 2. The molecule has 142 valence electrons. The van der Waals surface area contributed by atoms with Crippen molar-refractivity contribution in [1.82, 2.24) is 0 Å². The molecule has 2 N–H and O–H groups in total. The molecule has 0 spiro atoms. The molecule has 0 amide bonds. The summed E-state index contributed by atoms with van der Waals surface area (Å²) in [5, 5.41) is 18.5. The van der Waals surface area contributed by atoms with Gasteiger partial charge in [-0.25, -0.2) is 0 Å². The lowest BCUT2D eigenvalue weighted by Gasteiger charge is -2.29. The van der Waals surface area contributed by atoms with Crippen LogP contribution < -0.4 is 0 Å². The zero-order valence-electron chi connectivity index (χ0n) is 15.2. The molecule has 0 heterocycles. The molecular formula is C18H34O6. The van der Waals surface area contributed by atoms with Gasteiger partial charge in [0.25, 0.3) is 0 Å². The molecule has 6 heteroatoms. The maximum absolute atomic E-state index is 11.9. The van der Waals surface area contributed by atoms with Crippen LogP contribution >= 0.6 is 0 Å². The second-order valence-electron chi connectivity index (χ2n) is 6.26. The van der Waals surface area contributed by atoms with E-state index < -0.39 is 17.4 Å². The summed E-state index contributed by atoms with van der Waals surface area (Å²) in [6.07, 6.45) is 5.45. The summed E-state index contributed by atoms with van der Waals surface area (Å²) in [4.78, 5) is 22.6. The molecule has 0 radical (unpaired) electrons. The molecule has 0 aliphatic heterocycles. The van der Waals surface area contributed by atoms with Crippen LogP contribution in [0, 0.1) is 5.41 Å². The first-order chi connectivity index (χ1) is 11.5. The van der Waals surface area contributed by atoms with Crippen LogP contribution in [-0.4, -0.2) is 48.6 Å². The molecule has 0 saturated carbocycles. The molecule has 0 aliphatic carbocycles. The summed E-state index contributed by atoms with van der Waals surface area (Å²) < 4.78 is 11.1. The minimum atomic E-state index is -0.964. The minimum Gasteiger partial charge on any atom is -0.481 e. The van der Waals surface area contributed by atoms with Crippen molar-refractivity contribution >= 4 is 11.9 Å². The number of unbranched alkanes of at least 4 members (excludes halogenated alkanes) is 2. The van der Waals surface area contributed by atoms with Gasteiger partial charge in [0.2, 0.25) is 0 Å². The molecule has 24 heavy (non-hydrogen) atoms. The summed E-state index contributed by atoms with van der Waals surface area (Å²) in [5.74, 6) is -1.78. The SMILES string of the molecule is CCCCOCCC(CCCC(=O)O)(CCOCCCC)C(=O)O. The van der Waals surface area contributed by atoms with E-state index in [1.54, 1.807) is 0 Å². The lowest BCUT2D eigenvalue weighted by Crippen LogP contribution is -2.34. The highest BCUT2D eigenvalue weighted by atomic mass is 16.5. The maximum atomic E-state index is 11.9. The van der Waals surface area contributed by atoms with E-state index in [1.807, 2.05) is 0 Å². The third kappa shape index (κ3) is 10.6. The number of carboxylic acids is 2. The summed E-state index contributed by atoms with van der Waals surface area (Å²) in [5.41, 5.74) is -0.964. The molecular weight excluding hydrogens is 312 g/mol. The number of hydrogen-bond acceptors (Lipinski definition) is 4. The van der Waals surface area contributed by atoms with Crippen LogP contribution in [0.1, 0.15) is 71.6 Å². The number of rotatable bonds is 17. The molecule has 0 aromatic heterocycles. The fourth-order valence-corrected chi connectivity index (χ4v) is 2.51. The van der Waals surface area contributed by atoms with Crippen LogP contribution in [-0.2, 0) is 19.1 Å². The van der Waals surface area contributed by atoms with Gasteiger partial charge in [0.1, 0.15) is 0 Å². The van der Waals surface area contributed by atoms with E-state index in [0.717, 1.165) is 25.7 Å². The van der Waals surface area contributed by atoms with Crippen molar-refractivity contribution in [3.8, 4) is 0 Å². The Morgan fingerprint density at radius 3 is 1.67 bits per heavy atom. The summed E-state index contributed by atoms with van der Waals surface area (Å²) in [7, 11) is 0. The van der Waals surface area contributed by atoms with Gasteiger partial charge in [0.15, 0.2) is 0 Å². The topological polar surface area (TPSA) is 93.1 Å². The Morgan fingerprint density at radius 2 is 1.29 bits per heavy atom.